The van der Waals surface area contributed by atoms with Gasteiger partial charge in [-0.15, -0.1) is 5.54 Å². The van der Waals surface area contributed by atoms with Crippen LogP contribution in [0.25, 0.3) is 0 Å². The van der Waals surface area contributed by atoms with Crippen LogP contribution in [-0.2, 0) is 0 Å². The van der Waals surface area contributed by atoms with E-state index in [1.165, 1.54) is 0 Å². The molecule has 1 rings (SSSR count). The molecule has 16 heavy (non-hydrogen) atoms. The number of hydrogen-bond donors (Lipinski definition) is 0. The largest absolute Gasteiger partial charge is 0.478 e. The first-order chi connectivity index (χ1) is 7.42. The third-order valence-electron chi connectivity index (χ3n) is 1.76. The summed E-state index contributed by atoms with van der Waals surface area (Å²) in [5.41, 5.74) is 4.18. The van der Waals surface area contributed by atoms with Gasteiger partial charge in [-0.25, -0.2) is 4.98 Å². The van der Waals surface area contributed by atoms with E-state index in [9.17, 15) is 0 Å². The lowest BCUT2D eigenvalue weighted by atomic mass is 10.3. The predicted molar refractivity (Wildman–Crippen MR) is 68.2 cm³/mol. The Bertz CT molecular complexity index is 427. The fourth-order valence-corrected chi connectivity index (χ4v) is 1.50. The van der Waals surface area contributed by atoms with Crippen LogP contribution in [0.3, 0.4) is 0 Å². The van der Waals surface area contributed by atoms with Crippen LogP contribution in [0, 0.1) is 18.4 Å². The van der Waals surface area contributed by atoms with E-state index in [2.05, 4.69) is 41.1 Å². The molecule has 0 aliphatic carbocycles. The molecule has 0 unspecified atom stereocenters. The summed E-state index contributed by atoms with van der Waals surface area (Å²) in [4.78, 5) is 8.46. The molecule has 0 radical (unpaired) electrons. The first-order valence-corrected chi connectivity index (χ1v) is 8.92. The normalized spacial score (nSPS) is 10.6. The molecule has 4 heteroatoms. The van der Waals surface area contributed by atoms with E-state index in [4.69, 9.17) is 4.74 Å². The Morgan fingerprint density at radius 1 is 1.38 bits per heavy atom. The number of hydrogen-bond acceptors (Lipinski definition) is 3. The monoisotopic (exact) mass is 234 g/mol. The van der Waals surface area contributed by atoms with Crippen molar-refractivity contribution < 1.29 is 4.74 Å². The van der Waals surface area contributed by atoms with Crippen molar-refractivity contribution in [1.29, 1.82) is 0 Å². The lowest BCUT2D eigenvalue weighted by Gasteiger charge is -2.05. The smallest absolute Gasteiger partial charge is 0.220 e. The maximum absolute atomic E-state index is 5.40. The van der Waals surface area contributed by atoms with E-state index in [-0.39, 0.29) is 0 Å². The molecule has 1 aromatic heterocycles. The maximum Gasteiger partial charge on any atom is 0.220 e. The van der Waals surface area contributed by atoms with Crippen molar-refractivity contribution in [3.8, 4) is 17.3 Å². The van der Waals surface area contributed by atoms with Crippen molar-refractivity contribution in [1.82, 2.24) is 9.97 Å². The second-order valence-corrected chi connectivity index (χ2v) is 9.36. The molecule has 1 heterocycles. The zero-order chi connectivity index (χ0) is 12.2. The molecule has 0 aromatic carbocycles. The minimum atomic E-state index is -1.37. The molecule has 0 spiro atoms. The highest BCUT2D eigenvalue weighted by Gasteiger charge is 2.08. The zero-order valence-electron chi connectivity index (χ0n) is 10.6. The van der Waals surface area contributed by atoms with Crippen LogP contribution >= 0.6 is 0 Å². The van der Waals surface area contributed by atoms with Crippen LogP contribution < -0.4 is 4.74 Å². The lowest BCUT2D eigenvalue weighted by molar-refractivity contribution is 0.323. The Balaban J connectivity index is 2.98. The van der Waals surface area contributed by atoms with Crippen LogP contribution in [0.15, 0.2) is 6.20 Å². The third-order valence-corrected chi connectivity index (χ3v) is 2.63. The van der Waals surface area contributed by atoms with Crippen molar-refractivity contribution in [2.45, 2.75) is 33.5 Å². The highest BCUT2D eigenvalue weighted by atomic mass is 28.3. The van der Waals surface area contributed by atoms with Gasteiger partial charge in [0.15, 0.2) is 0 Å². The average molecular weight is 234 g/mol. The van der Waals surface area contributed by atoms with Gasteiger partial charge in [-0.1, -0.05) is 19.6 Å². The van der Waals surface area contributed by atoms with Crippen LogP contribution in [0.5, 0.6) is 5.88 Å². The van der Waals surface area contributed by atoms with Crippen molar-refractivity contribution >= 4 is 8.07 Å². The van der Waals surface area contributed by atoms with Gasteiger partial charge in [0.25, 0.3) is 0 Å². The van der Waals surface area contributed by atoms with Gasteiger partial charge in [0, 0.05) is 11.8 Å². The summed E-state index contributed by atoms with van der Waals surface area (Å²) < 4.78 is 5.40. The van der Waals surface area contributed by atoms with Crippen LogP contribution in [0.1, 0.15) is 18.3 Å². The van der Waals surface area contributed by atoms with Gasteiger partial charge in [0.1, 0.15) is 8.07 Å². The Hall–Kier alpha value is -1.34. The number of aromatic nitrogens is 2. The molecule has 86 valence electrons. The molecule has 3 nitrogen and oxygen atoms in total. The number of nitrogens with zero attached hydrogens (tertiary/aromatic N) is 2. The quantitative estimate of drug-likeness (QED) is 0.582. The van der Waals surface area contributed by atoms with E-state index >= 15 is 0 Å². The molecule has 0 fully saturated rings. The first kappa shape index (κ1) is 12.7. The molecular weight excluding hydrogens is 216 g/mol. The summed E-state index contributed by atoms with van der Waals surface area (Å²) in [6.07, 6.45) is 1.76. The summed E-state index contributed by atoms with van der Waals surface area (Å²) in [6.45, 7) is 11.1. The Morgan fingerprint density at radius 3 is 2.62 bits per heavy atom. The van der Waals surface area contributed by atoms with Gasteiger partial charge >= 0.3 is 0 Å². The SMILES string of the molecule is CCOc1nc(C#C[Si](C)(C)C)ncc1C. The zero-order valence-corrected chi connectivity index (χ0v) is 11.6. The first-order valence-electron chi connectivity index (χ1n) is 5.42. The van der Waals surface area contributed by atoms with Crippen molar-refractivity contribution in [2.24, 2.45) is 0 Å². The summed E-state index contributed by atoms with van der Waals surface area (Å²) in [7, 11) is -1.37. The second kappa shape index (κ2) is 5.13. The molecule has 0 atom stereocenters. The minimum Gasteiger partial charge on any atom is -0.478 e. The molecule has 0 saturated heterocycles. The van der Waals surface area contributed by atoms with Gasteiger partial charge in [-0.3, -0.25) is 0 Å². The van der Waals surface area contributed by atoms with E-state index < -0.39 is 8.07 Å². The highest BCUT2D eigenvalue weighted by molar-refractivity contribution is 6.83. The van der Waals surface area contributed by atoms with E-state index in [1.54, 1.807) is 6.20 Å². The van der Waals surface area contributed by atoms with Crippen LogP contribution in [0.4, 0.5) is 0 Å². The molecule has 0 saturated carbocycles. The molecule has 0 aliphatic heterocycles. The molecule has 0 bridgehead atoms. The lowest BCUT2D eigenvalue weighted by Crippen LogP contribution is -2.16. The van der Waals surface area contributed by atoms with Gasteiger partial charge in [0.05, 0.1) is 6.61 Å². The fourth-order valence-electron chi connectivity index (χ4n) is 1.01. The Morgan fingerprint density at radius 2 is 2.06 bits per heavy atom. The van der Waals surface area contributed by atoms with E-state index in [1.807, 2.05) is 13.8 Å². The van der Waals surface area contributed by atoms with Crippen molar-refractivity contribution in [2.75, 3.05) is 6.61 Å². The molecule has 1 aromatic rings. The maximum atomic E-state index is 5.40. The fraction of sp³-hybridized carbons (Fsp3) is 0.500. The predicted octanol–water partition coefficient (Wildman–Crippen LogP) is 2.41. The molecule has 0 N–H and O–H groups in total. The minimum absolute atomic E-state index is 0.552. The van der Waals surface area contributed by atoms with Crippen molar-refractivity contribution in [3.05, 3.63) is 17.6 Å². The highest BCUT2D eigenvalue weighted by Crippen LogP contribution is 2.12. The Labute approximate surface area is 98.3 Å². The number of ether oxygens (including phenoxy) is 1. The van der Waals surface area contributed by atoms with Crippen molar-refractivity contribution in [3.63, 3.8) is 0 Å². The summed E-state index contributed by atoms with van der Waals surface area (Å²) >= 11 is 0. The third kappa shape index (κ3) is 4.03. The van der Waals surface area contributed by atoms with Crippen LogP contribution in [0.2, 0.25) is 19.6 Å². The average Bonchev–Trinajstić information content (AvgIpc) is 2.18. The van der Waals surface area contributed by atoms with Gasteiger partial charge in [-0.2, -0.15) is 4.98 Å². The van der Waals surface area contributed by atoms with Gasteiger partial charge in [0.2, 0.25) is 11.7 Å². The van der Waals surface area contributed by atoms with Gasteiger partial charge in [-0.05, 0) is 19.8 Å². The standard InChI is InChI=1S/C12H18N2OSi/c1-6-15-12-10(2)9-13-11(14-12)7-8-16(3,4)5/h9H,6H2,1-5H3. The number of aryl methyl sites for hydroxylation is 1. The second-order valence-electron chi connectivity index (χ2n) is 4.61. The molecule has 0 amide bonds. The summed E-state index contributed by atoms with van der Waals surface area (Å²) in [5.74, 6) is 4.21. The Kier molecular flexibility index (Phi) is 4.08. The summed E-state index contributed by atoms with van der Waals surface area (Å²) in [5, 5.41) is 0. The van der Waals surface area contributed by atoms with Crippen LogP contribution in [-0.4, -0.2) is 24.6 Å². The van der Waals surface area contributed by atoms with Gasteiger partial charge < -0.3 is 4.74 Å². The number of rotatable bonds is 2. The van der Waals surface area contributed by atoms with E-state index in [0.717, 1.165) is 5.56 Å². The summed E-state index contributed by atoms with van der Waals surface area (Å²) in [6, 6.07) is 0. The molecule has 0 aliphatic rings. The topological polar surface area (TPSA) is 35.0 Å². The molecular formula is C12H18N2OSi. The van der Waals surface area contributed by atoms with E-state index in [0.29, 0.717) is 18.3 Å².